The van der Waals surface area contributed by atoms with E-state index >= 15 is 0 Å². The third kappa shape index (κ3) is 6.85. The summed E-state index contributed by atoms with van der Waals surface area (Å²) in [5.74, 6) is 0.257. The molecule has 1 rings (SSSR count). The van der Waals surface area contributed by atoms with Crippen molar-refractivity contribution >= 4 is 29.4 Å². The molecular weight excluding hydrogens is 288 g/mol. The summed E-state index contributed by atoms with van der Waals surface area (Å²) < 4.78 is 0. The molecule has 116 valence electrons. The van der Waals surface area contributed by atoms with Crippen LogP contribution in [0.1, 0.15) is 32.6 Å². The highest BCUT2D eigenvalue weighted by atomic mass is 35.5. The predicted octanol–water partition coefficient (Wildman–Crippen LogP) is 2.70. The molecule has 1 aromatic carbocycles. The number of nitrogens with zero attached hydrogens (tertiary/aromatic N) is 2. The molecule has 0 bridgehead atoms. The lowest BCUT2D eigenvalue weighted by Gasteiger charge is -2.25. The van der Waals surface area contributed by atoms with Gasteiger partial charge in [0.1, 0.15) is 0 Å². The summed E-state index contributed by atoms with van der Waals surface area (Å²) in [6, 6.07) is 9.46. The van der Waals surface area contributed by atoms with Crippen LogP contribution in [-0.2, 0) is 0 Å². The number of hydrogen-bond donors (Lipinski definition) is 4. The molecule has 1 aromatic rings. The van der Waals surface area contributed by atoms with Gasteiger partial charge in [0.05, 0.1) is 5.69 Å². The summed E-state index contributed by atoms with van der Waals surface area (Å²) in [5, 5.41) is 9.04. The Morgan fingerprint density at radius 2 is 2.00 bits per heavy atom. The predicted molar refractivity (Wildman–Crippen MR) is 88.4 cm³/mol. The molecule has 0 unspecified atom stereocenters. The number of benzene rings is 1. The molecule has 7 heteroatoms. The molecule has 6 nitrogen and oxygen atoms in total. The van der Waals surface area contributed by atoms with Crippen LogP contribution in [0.5, 0.6) is 0 Å². The number of aliphatic imine (C=N–C) groups is 1. The van der Waals surface area contributed by atoms with E-state index < -0.39 is 0 Å². The average molecular weight is 311 g/mol. The zero-order valence-corrected chi connectivity index (χ0v) is 13.0. The molecule has 0 heterocycles. The quantitative estimate of drug-likeness (QED) is 0.214. The average Bonchev–Trinajstić information content (AvgIpc) is 2.49. The van der Waals surface area contributed by atoms with Gasteiger partial charge in [0.25, 0.3) is 0 Å². The van der Waals surface area contributed by atoms with Gasteiger partial charge in [0.15, 0.2) is 0 Å². The fraction of sp³-hybridized carbons (Fsp3) is 0.429. The van der Waals surface area contributed by atoms with E-state index in [2.05, 4.69) is 22.2 Å². The second kappa shape index (κ2) is 9.88. The first-order valence-electron chi connectivity index (χ1n) is 7.06. The van der Waals surface area contributed by atoms with Crippen molar-refractivity contribution in [2.24, 2.45) is 10.7 Å². The highest BCUT2D eigenvalue weighted by Gasteiger charge is 2.11. The van der Waals surface area contributed by atoms with E-state index in [1.54, 1.807) is 5.01 Å². The molecule has 0 aliphatic heterocycles. The monoisotopic (exact) mass is 310 g/mol. The molecule has 0 spiro atoms. The van der Waals surface area contributed by atoms with E-state index in [9.17, 15) is 0 Å². The molecule has 0 aliphatic rings. The van der Waals surface area contributed by atoms with Crippen molar-refractivity contribution in [3.05, 3.63) is 30.3 Å². The Bertz CT molecular complexity index is 448. The number of hydrogen-bond acceptors (Lipinski definition) is 2. The second-order valence-corrected chi connectivity index (χ2v) is 4.79. The molecule has 0 aliphatic carbocycles. The minimum Gasteiger partial charge on any atom is -0.369 e. The zero-order chi connectivity index (χ0) is 15.5. The highest BCUT2D eigenvalue weighted by Crippen LogP contribution is 2.11. The van der Waals surface area contributed by atoms with Crippen LogP contribution in [0.25, 0.3) is 0 Å². The van der Waals surface area contributed by atoms with Gasteiger partial charge in [-0.25, -0.2) is 4.99 Å². The van der Waals surface area contributed by atoms with Gasteiger partial charge in [-0.05, 0) is 18.6 Å². The molecule has 0 atom stereocenters. The fourth-order valence-electron chi connectivity index (χ4n) is 1.81. The van der Waals surface area contributed by atoms with E-state index in [0.29, 0.717) is 12.5 Å². The minimum atomic E-state index is -0.154. The Hall–Kier alpha value is -1.95. The standard InChI is InChI=1S/C14H23ClN6/c1-2-3-4-8-11-21(20-13(16)17)14(19-15)18-12-9-6-5-7-10-12/h5-7,9-10H,2-4,8,11H2,1H3,(H,18,19)(H4,16,17,20). The highest BCUT2D eigenvalue weighted by molar-refractivity contribution is 6.22. The van der Waals surface area contributed by atoms with Crippen LogP contribution in [0, 0.1) is 5.41 Å². The van der Waals surface area contributed by atoms with Gasteiger partial charge in [0.2, 0.25) is 11.9 Å². The lowest BCUT2D eigenvalue weighted by atomic mass is 10.2. The van der Waals surface area contributed by atoms with Crippen LogP contribution in [0.15, 0.2) is 35.3 Å². The largest absolute Gasteiger partial charge is 0.369 e. The van der Waals surface area contributed by atoms with E-state index in [4.69, 9.17) is 22.9 Å². The maximum Gasteiger partial charge on any atom is 0.233 e. The van der Waals surface area contributed by atoms with E-state index in [1.165, 1.54) is 12.8 Å². The van der Waals surface area contributed by atoms with Crippen molar-refractivity contribution in [1.29, 1.82) is 5.41 Å². The molecule has 0 saturated heterocycles. The van der Waals surface area contributed by atoms with Crippen molar-refractivity contribution < 1.29 is 0 Å². The van der Waals surface area contributed by atoms with Gasteiger partial charge < -0.3 is 5.73 Å². The van der Waals surface area contributed by atoms with Gasteiger partial charge in [-0.3, -0.25) is 20.7 Å². The Morgan fingerprint density at radius 1 is 1.29 bits per heavy atom. The van der Waals surface area contributed by atoms with Crippen LogP contribution in [-0.4, -0.2) is 23.5 Å². The lowest BCUT2D eigenvalue weighted by molar-refractivity contribution is 0.353. The summed E-state index contributed by atoms with van der Waals surface area (Å²) in [6.45, 7) is 2.82. The van der Waals surface area contributed by atoms with Gasteiger partial charge in [-0.2, -0.15) is 0 Å². The molecule has 0 fully saturated rings. The first-order chi connectivity index (χ1) is 10.2. The van der Waals surface area contributed by atoms with Crippen LogP contribution >= 0.6 is 11.8 Å². The number of para-hydroxylation sites is 1. The molecule has 0 amide bonds. The minimum absolute atomic E-state index is 0.154. The lowest BCUT2D eigenvalue weighted by Crippen LogP contribution is -2.52. The van der Waals surface area contributed by atoms with Gasteiger partial charge in [0, 0.05) is 18.3 Å². The van der Waals surface area contributed by atoms with E-state index in [-0.39, 0.29) is 5.96 Å². The van der Waals surface area contributed by atoms with Gasteiger partial charge in [-0.1, -0.05) is 44.4 Å². The number of rotatable bonds is 6. The Kier molecular flexibility index (Phi) is 8.04. The summed E-state index contributed by atoms with van der Waals surface area (Å²) in [6.07, 6.45) is 4.40. The van der Waals surface area contributed by atoms with Gasteiger partial charge >= 0.3 is 0 Å². The van der Waals surface area contributed by atoms with Crippen molar-refractivity contribution in [3.8, 4) is 0 Å². The SMILES string of the molecule is CCCCCCN(NC(=N)N)C(=Nc1ccccc1)NCl. The maximum atomic E-state index is 7.39. The van der Waals surface area contributed by atoms with Crippen molar-refractivity contribution in [2.45, 2.75) is 32.6 Å². The molecular formula is C14H23ClN6. The Balaban J connectivity index is 2.77. The summed E-state index contributed by atoms with van der Waals surface area (Å²) in [5.41, 5.74) is 8.93. The van der Waals surface area contributed by atoms with Crippen LogP contribution in [0.2, 0.25) is 0 Å². The molecule has 21 heavy (non-hydrogen) atoms. The number of nitrogens with one attached hydrogen (secondary N) is 3. The molecule has 0 radical (unpaired) electrons. The smallest absolute Gasteiger partial charge is 0.233 e. The molecule has 5 N–H and O–H groups in total. The number of nitrogens with two attached hydrogens (primary N) is 1. The second-order valence-electron chi connectivity index (χ2n) is 4.60. The topological polar surface area (TPSA) is 89.5 Å². The third-order valence-corrected chi connectivity index (χ3v) is 2.99. The molecule has 0 aromatic heterocycles. The first kappa shape index (κ1) is 17.1. The molecule has 0 saturated carbocycles. The first-order valence-corrected chi connectivity index (χ1v) is 7.43. The van der Waals surface area contributed by atoms with Crippen LogP contribution in [0.4, 0.5) is 5.69 Å². The summed E-state index contributed by atoms with van der Waals surface area (Å²) in [7, 11) is 0. The Labute approximate surface area is 131 Å². The summed E-state index contributed by atoms with van der Waals surface area (Å²) in [4.78, 5) is 6.94. The van der Waals surface area contributed by atoms with Crippen molar-refractivity contribution in [3.63, 3.8) is 0 Å². The van der Waals surface area contributed by atoms with Crippen LogP contribution in [0.3, 0.4) is 0 Å². The normalized spacial score (nSPS) is 11.0. The Morgan fingerprint density at radius 3 is 2.57 bits per heavy atom. The number of guanidine groups is 2. The van der Waals surface area contributed by atoms with Crippen molar-refractivity contribution in [1.82, 2.24) is 15.3 Å². The summed E-state index contributed by atoms with van der Waals surface area (Å²) >= 11 is 5.76. The van der Waals surface area contributed by atoms with E-state index in [0.717, 1.165) is 18.5 Å². The van der Waals surface area contributed by atoms with Crippen LogP contribution < -0.4 is 16.0 Å². The number of halogens is 1. The maximum absolute atomic E-state index is 7.39. The van der Waals surface area contributed by atoms with E-state index in [1.807, 2.05) is 30.3 Å². The number of hydrazine groups is 1. The third-order valence-electron chi connectivity index (χ3n) is 2.82. The number of unbranched alkanes of at least 4 members (excludes halogenated alkanes) is 3. The van der Waals surface area contributed by atoms with Crippen molar-refractivity contribution in [2.75, 3.05) is 6.54 Å². The fourth-order valence-corrected chi connectivity index (χ4v) is 1.96. The zero-order valence-electron chi connectivity index (χ0n) is 12.3. The van der Waals surface area contributed by atoms with Gasteiger partial charge in [-0.15, -0.1) is 0 Å².